The summed E-state index contributed by atoms with van der Waals surface area (Å²) in [6.45, 7) is 3.74. The van der Waals surface area contributed by atoms with Crippen molar-refractivity contribution in [2.24, 2.45) is 36.1 Å². The molecule has 10 rings (SSSR count). The van der Waals surface area contributed by atoms with E-state index < -0.39 is 52.7 Å². The molecule has 1 saturated carbocycles. The van der Waals surface area contributed by atoms with E-state index in [9.17, 15) is 19.5 Å². The maximum absolute atomic E-state index is 15.4. The quantitative estimate of drug-likeness (QED) is 0.0901. The van der Waals surface area contributed by atoms with Gasteiger partial charge in [-0.05, 0) is 86.0 Å². The number of fused-ring (bicyclic) bond motifs is 5. The first kappa shape index (κ1) is 40.5. The average molecular weight is 881 g/mol. The number of imide groups is 2. The second kappa shape index (κ2) is 14.8. The molecule has 2 aliphatic carbocycles. The summed E-state index contributed by atoms with van der Waals surface area (Å²) < 4.78 is 13.9. The normalized spacial score (nSPS) is 24.1. The number of thiophene rings is 1. The number of ether oxygens (including phenoxy) is 2. The van der Waals surface area contributed by atoms with Crippen LogP contribution in [0.1, 0.15) is 52.7 Å². The fraction of sp³-hybridized carbons (Fsp3) is 0.265. The van der Waals surface area contributed by atoms with Crippen LogP contribution in [0.2, 0.25) is 5.02 Å². The van der Waals surface area contributed by atoms with Gasteiger partial charge in [-0.25, -0.2) is 4.90 Å². The number of halogens is 1. The van der Waals surface area contributed by atoms with Crippen molar-refractivity contribution in [2.75, 3.05) is 24.0 Å². The smallest absolute Gasteiger partial charge is 0.242 e. The molecule has 1 N–H and O–H groups in total. The summed E-state index contributed by atoms with van der Waals surface area (Å²) in [5.41, 5.74) is 2.28. The summed E-state index contributed by atoms with van der Waals surface area (Å²) in [7, 11) is 4.60. The molecule has 4 heterocycles. The zero-order valence-electron chi connectivity index (χ0n) is 34.9. The average Bonchev–Trinajstić information content (AvgIpc) is 3.96. The van der Waals surface area contributed by atoms with Crippen LogP contribution in [0.25, 0.3) is 20.7 Å². The SMILES string of the molecule is COc1cc(O)c([C@H]2C3=CC[C@@H]4C(=O)N(c5ccc(C(=O)c6ccccc6)cc5)C(=O)[C@@H]4[C@@H]3C[C@H]3C(=O)N(c4cc(-c5sc6ccc(Cl)cc6c5C)nn4C)C(=O)[C@@]23C)c(OC)c1. The third-order valence-corrected chi connectivity index (χ3v) is 15.3. The second-order valence-corrected chi connectivity index (χ2v) is 18.4. The topological polar surface area (TPSA) is 148 Å². The van der Waals surface area contributed by atoms with Gasteiger partial charge in [0.2, 0.25) is 23.6 Å². The van der Waals surface area contributed by atoms with E-state index in [1.165, 1.54) is 46.1 Å². The van der Waals surface area contributed by atoms with Crippen molar-refractivity contribution in [1.29, 1.82) is 0 Å². The molecule has 14 heteroatoms. The molecule has 0 spiro atoms. The van der Waals surface area contributed by atoms with E-state index in [4.69, 9.17) is 26.2 Å². The van der Waals surface area contributed by atoms with Crippen molar-refractivity contribution in [3.63, 3.8) is 0 Å². The highest BCUT2D eigenvalue weighted by Gasteiger charge is 2.68. The molecule has 63 heavy (non-hydrogen) atoms. The lowest BCUT2D eigenvalue weighted by Crippen LogP contribution is -2.49. The largest absolute Gasteiger partial charge is 0.507 e. The molecular weight excluding hydrogens is 840 g/mol. The van der Waals surface area contributed by atoms with Crippen LogP contribution in [0, 0.1) is 36.0 Å². The number of aromatic hydroxyl groups is 1. The Morgan fingerprint density at radius 3 is 2.32 bits per heavy atom. The molecule has 3 fully saturated rings. The summed E-state index contributed by atoms with van der Waals surface area (Å²) >= 11 is 7.88. The third kappa shape index (κ3) is 5.92. The van der Waals surface area contributed by atoms with Crippen LogP contribution >= 0.6 is 22.9 Å². The number of amides is 4. The van der Waals surface area contributed by atoms with Crippen LogP contribution in [0.15, 0.2) is 103 Å². The van der Waals surface area contributed by atoms with Gasteiger partial charge in [-0.2, -0.15) is 5.10 Å². The number of rotatable bonds is 8. The minimum absolute atomic E-state index is 0.0958. The summed E-state index contributed by atoms with van der Waals surface area (Å²) in [4.78, 5) is 76.1. The lowest BCUT2D eigenvalue weighted by atomic mass is 9.51. The molecular formula is C49H41ClN4O8S. The van der Waals surface area contributed by atoms with Gasteiger partial charge in [-0.15, -0.1) is 11.3 Å². The molecule has 318 valence electrons. The minimum Gasteiger partial charge on any atom is -0.507 e. The first-order chi connectivity index (χ1) is 30.3. The fourth-order valence-electron chi connectivity index (χ4n) is 10.7. The zero-order chi connectivity index (χ0) is 44.2. The highest BCUT2D eigenvalue weighted by Crippen LogP contribution is 2.66. The van der Waals surface area contributed by atoms with Crippen LogP contribution in [0.4, 0.5) is 11.5 Å². The number of phenols is 1. The maximum Gasteiger partial charge on any atom is 0.242 e. The van der Waals surface area contributed by atoms with Crippen molar-refractivity contribution in [3.05, 3.63) is 130 Å². The lowest BCUT2D eigenvalue weighted by Gasteiger charge is -2.49. The van der Waals surface area contributed by atoms with Gasteiger partial charge in [0.25, 0.3) is 0 Å². The number of hydrogen-bond donors (Lipinski definition) is 1. The van der Waals surface area contributed by atoms with Gasteiger partial charge < -0.3 is 14.6 Å². The van der Waals surface area contributed by atoms with Gasteiger partial charge in [0.15, 0.2) is 5.78 Å². The molecule has 2 aliphatic heterocycles. The zero-order valence-corrected chi connectivity index (χ0v) is 36.5. The Morgan fingerprint density at radius 1 is 0.873 bits per heavy atom. The Bertz CT molecular complexity index is 2990. The van der Waals surface area contributed by atoms with Crippen LogP contribution in [0.5, 0.6) is 17.2 Å². The Morgan fingerprint density at radius 2 is 1.60 bits per heavy atom. The van der Waals surface area contributed by atoms with Gasteiger partial charge in [-0.3, -0.25) is 33.6 Å². The number of carbonyl (C=O) groups is 5. The van der Waals surface area contributed by atoms with Crippen LogP contribution in [-0.4, -0.2) is 58.5 Å². The van der Waals surface area contributed by atoms with Crippen molar-refractivity contribution >= 4 is 73.9 Å². The van der Waals surface area contributed by atoms with E-state index in [-0.39, 0.29) is 47.4 Å². The summed E-state index contributed by atoms with van der Waals surface area (Å²) in [5.74, 6) is -5.53. The minimum atomic E-state index is -1.48. The Hall–Kier alpha value is -6.57. The summed E-state index contributed by atoms with van der Waals surface area (Å²) in [5, 5.41) is 18.3. The van der Waals surface area contributed by atoms with Gasteiger partial charge >= 0.3 is 0 Å². The van der Waals surface area contributed by atoms with Gasteiger partial charge in [0, 0.05) is 57.6 Å². The van der Waals surface area contributed by atoms with E-state index in [1.54, 1.807) is 74.6 Å². The number of anilines is 2. The van der Waals surface area contributed by atoms with Crippen LogP contribution in [-0.2, 0) is 26.2 Å². The Balaban J connectivity index is 1.06. The van der Waals surface area contributed by atoms with Crippen molar-refractivity contribution in [3.8, 4) is 27.8 Å². The molecule has 6 atom stereocenters. The van der Waals surface area contributed by atoms with Crippen molar-refractivity contribution < 1.29 is 38.6 Å². The van der Waals surface area contributed by atoms with Crippen LogP contribution < -0.4 is 19.3 Å². The number of benzene rings is 4. The van der Waals surface area contributed by atoms with Gasteiger partial charge in [0.1, 0.15) is 28.8 Å². The number of allylic oxidation sites excluding steroid dienone is 2. The summed E-state index contributed by atoms with van der Waals surface area (Å²) in [6.07, 6.45) is 2.20. The number of methoxy groups -OCH3 is 2. The molecule has 0 unspecified atom stereocenters. The van der Waals surface area contributed by atoms with Crippen molar-refractivity contribution in [2.45, 2.75) is 32.6 Å². The van der Waals surface area contributed by atoms with Gasteiger partial charge in [0.05, 0.1) is 48.0 Å². The fourth-order valence-corrected chi connectivity index (χ4v) is 12.0. The number of phenolic OH excluding ortho intramolecular Hbond substituents is 1. The number of nitrogens with zero attached hydrogens (tertiary/aromatic N) is 4. The van der Waals surface area contributed by atoms with E-state index >= 15 is 9.59 Å². The standard InChI is InChI=1S/C49H41ClN4O8S/c1-24-32-19-27(50)13-18-38(32)63-44(24)35-23-39(52(3)51-35)54-46(58)34-22-33-30(42(49(34,2)48(54)60)41-36(55)20-29(61-4)21-37(41)62-5)16-17-31-40(33)47(59)53(45(31)57)28-14-11-26(12-15-28)43(56)25-9-7-6-8-10-25/h6-16,18-21,23,31,33-34,40,42,55H,17,22H2,1-5H3/t31-,33+,34-,40-,42+,49+/m0/s1. The molecule has 0 bridgehead atoms. The summed E-state index contributed by atoms with van der Waals surface area (Å²) in [6, 6.07) is 25.8. The van der Waals surface area contributed by atoms with Crippen molar-refractivity contribution in [1.82, 2.24) is 9.78 Å². The molecule has 6 aromatic rings. The predicted octanol–water partition coefficient (Wildman–Crippen LogP) is 8.65. The predicted molar refractivity (Wildman–Crippen MR) is 238 cm³/mol. The molecule has 0 radical (unpaired) electrons. The number of ketones is 1. The highest BCUT2D eigenvalue weighted by molar-refractivity contribution is 7.22. The maximum atomic E-state index is 15.4. The van der Waals surface area contributed by atoms with E-state index in [0.29, 0.717) is 38.9 Å². The number of aryl methyl sites for hydroxylation is 2. The molecule has 4 aliphatic rings. The molecule has 12 nitrogen and oxygen atoms in total. The lowest BCUT2D eigenvalue weighted by molar-refractivity contribution is -0.131. The highest BCUT2D eigenvalue weighted by atomic mass is 35.5. The third-order valence-electron chi connectivity index (χ3n) is 13.8. The molecule has 2 aromatic heterocycles. The van der Waals surface area contributed by atoms with Crippen LogP contribution in [0.3, 0.4) is 0 Å². The van der Waals surface area contributed by atoms with E-state index in [0.717, 1.165) is 20.5 Å². The number of hydrogen-bond acceptors (Lipinski definition) is 10. The number of aromatic nitrogens is 2. The monoisotopic (exact) mass is 880 g/mol. The molecule has 2 saturated heterocycles. The molecule has 4 amide bonds. The Kier molecular flexibility index (Phi) is 9.50. The second-order valence-electron chi connectivity index (χ2n) is 16.9. The number of carbonyl (C=O) groups excluding carboxylic acids is 5. The first-order valence-corrected chi connectivity index (χ1v) is 21.8. The molecule has 4 aromatic carbocycles. The first-order valence-electron chi connectivity index (χ1n) is 20.6. The van der Waals surface area contributed by atoms with E-state index in [1.807, 2.05) is 37.3 Å². The van der Waals surface area contributed by atoms with E-state index in [2.05, 4.69) is 0 Å². The van der Waals surface area contributed by atoms with Gasteiger partial charge in [-0.1, -0.05) is 53.6 Å². The Labute approximate surface area is 371 Å².